The molecule has 2 heterocycles. The van der Waals surface area contributed by atoms with E-state index in [0.717, 1.165) is 39.1 Å². The molecule has 3 aromatic rings. The molecule has 1 unspecified atom stereocenters. The van der Waals surface area contributed by atoms with Crippen LogP contribution in [0.4, 0.5) is 15.9 Å². The van der Waals surface area contributed by atoms with Gasteiger partial charge in [-0.15, -0.1) is 0 Å². The van der Waals surface area contributed by atoms with Gasteiger partial charge in [0.2, 0.25) is 0 Å². The van der Waals surface area contributed by atoms with Crippen molar-refractivity contribution in [3.05, 3.63) is 47.5 Å². The molecular formula is C25H31ClFN5O4. The number of benzene rings is 2. The molecule has 11 heteroatoms. The van der Waals surface area contributed by atoms with Gasteiger partial charge in [-0.25, -0.2) is 14.4 Å². The van der Waals surface area contributed by atoms with Crippen LogP contribution in [0.15, 0.2) is 36.7 Å². The van der Waals surface area contributed by atoms with Crippen molar-refractivity contribution in [2.45, 2.75) is 12.5 Å². The van der Waals surface area contributed by atoms with Gasteiger partial charge in [0.15, 0.2) is 11.5 Å². The van der Waals surface area contributed by atoms with Crippen LogP contribution in [0.25, 0.3) is 10.9 Å². The highest BCUT2D eigenvalue weighted by atomic mass is 35.5. The van der Waals surface area contributed by atoms with E-state index in [1.165, 1.54) is 25.6 Å². The summed E-state index contributed by atoms with van der Waals surface area (Å²) in [6, 6.07) is 7.79. The molecule has 194 valence electrons. The first-order chi connectivity index (χ1) is 17.5. The molecule has 0 amide bonds. The van der Waals surface area contributed by atoms with Crippen LogP contribution in [0.3, 0.4) is 0 Å². The zero-order valence-corrected chi connectivity index (χ0v) is 20.9. The summed E-state index contributed by atoms with van der Waals surface area (Å²) in [5.74, 6) is 0.799. The van der Waals surface area contributed by atoms with Crippen molar-refractivity contribution in [3.63, 3.8) is 0 Å². The summed E-state index contributed by atoms with van der Waals surface area (Å²) in [4.78, 5) is 13.1. The van der Waals surface area contributed by atoms with Crippen molar-refractivity contribution in [2.24, 2.45) is 0 Å². The lowest BCUT2D eigenvalue weighted by molar-refractivity contribution is 0.0445. The molecule has 0 spiro atoms. The minimum Gasteiger partial charge on any atom is -0.493 e. The molecule has 1 saturated heterocycles. The molecule has 2 aromatic carbocycles. The van der Waals surface area contributed by atoms with Gasteiger partial charge >= 0.3 is 0 Å². The van der Waals surface area contributed by atoms with Crippen LogP contribution in [0.1, 0.15) is 6.42 Å². The normalized spacial score (nSPS) is 15.7. The molecule has 1 aliphatic rings. The Morgan fingerprint density at radius 2 is 1.89 bits per heavy atom. The summed E-state index contributed by atoms with van der Waals surface area (Å²) in [5.41, 5.74) is 0.808. The highest BCUT2D eigenvalue weighted by Gasteiger charge is 2.20. The quantitative estimate of drug-likeness (QED) is 0.353. The number of rotatable bonds is 11. The zero-order chi connectivity index (χ0) is 25.5. The number of anilines is 2. The third-order valence-corrected chi connectivity index (χ3v) is 6.34. The first-order valence-electron chi connectivity index (χ1n) is 11.9. The van der Waals surface area contributed by atoms with E-state index in [2.05, 4.69) is 25.1 Å². The van der Waals surface area contributed by atoms with Gasteiger partial charge in [-0.3, -0.25) is 4.90 Å². The second-order valence-electron chi connectivity index (χ2n) is 8.68. The molecule has 0 saturated carbocycles. The molecule has 9 nitrogen and oxygen atoms in total. The van der Waals surface area contributed by atoms with Crippen LogP contribution in [0.2, 0.25) is 5.02 Å². The number of hydrogen-bond acceptors (Lipinski definition) is 9. The molecule has 0 aliphatic carbocycles. The Labute approximate surface area is 214 Å². The van der Waals surface area contributed by atoms with Crippen molar-refractivity contribution in [1.82, 2.24) is 19.8 Å². The largest absolute Gasteiger partial charge is 0.493 e. The average Bonchev–Trinajstić information content (AvgIpc) is 2.88. The highest BCUT2D eigenvalue weighted by molar-refractivity contribution is 6.30. The van der Waals surface area contributed by atoms with Crippen LogP contribution < -0.4 is 14.8 Å². The SMILES string of the molecule is COc1cc2c(Nc3ccc(Cl)cc3F)ncnc2cc1OCC(O)CN1CCN(CCCO)CC1. The van der Waals surface area contributed by atoms with Crippen molar-refractivity contribution in [2.75, 3.05) is 64.9 Å². The van der Waals surface area contributed by atoms with Crippen molar-refractivity contribution in [3.8, 4) is 11.5 Å². The number of ether oxygens (including phenoxy) is 2. The molecule has 0 bridgehead atoms. The Hall–Kier alpha value is -2.76. The van der Waals surface area contributed by atoms with Gasteiger partial charge in [-0.2, -0.15) is 0 Å². The van der Waals surface area contributed by atoms with E-state index in [-0.39, 0.29) is 18.9 Å². The first-order valence-corrected chi connectivity index (χ1v) is 12.3. The molecular weight excluding hydrogens is 489 g/mol. The molecule has 3 N–H and O–H groups in total. The van der Waals surface area contributed by atoms with E-state index in [0.29, 0.717) is 39.8 Å². The number of aliphatic hydroxyl groups is 2. The van der Waals surface area contributed by atoms with Gasteiger partial charge in [0, 0.05) is 62.4 Å². The third-order valence-electron chi connectivity index (χ3n) is 6.10. The lowest BCUT2D eigenvalue weighted by Crippen LogP contribution is -2.49. The second kappa shape index (κ2) is 12.5. The maximum Gasteiger partial charge on any atom is 0.163 e. The van der Waals surface area contributed by atoms with Gasteiger partial charge in [-0.05, 0) is 30.7 Å². The lowest BCUT2D eigenvalue weighted by Gasteiger charge is -2.35. The highest BCUT2D eigenvalue weighted by Crippen LogP contribution is 2.35. The molecule has 4 rings (SSSR count). The summed E-state index contributed by atoms with van der Waals surface area (Å²) in [6.07, 6.45) is 1.49. The number of β-amino-alcohol motifs (C(OH)–C–C–N with tert-alkyl or cyclic N) is 1. The fraction of sp³-hybridized carbons (Fsp3) is 0.440. The maximum atomic E-state index is 14.3. The van der Waals surface area contributed by atoms with Crippen LogP contribution in [0.5, 0.6) is 11.5 Å². The molecule has 0 radical (unpaired) electrons. The summed E-state index contributed by atoms with van der Waals surface area (Å²) in [5, 5.41) is 23.5. The smallest absolute Gasteiger partial charge is 0.163 e. The predicted molar refractivity (Wildman–Crippen MR) is 137 cm³/mol. The maximum absolute atomic E-state index is 14.3. The molecule has 1 atom stereocenters. The Morgan fingerprint density at radius 1 is 1.11 bits per heavy atom. The summed E-state index contributed by atoms with van der Waals surface area (Å²) in [6.45, 7) is 5.27. The molecule has 1 fully saturated rings. The Kier molecular flexibility index (Phi) is 9.11. The van der Waals surface area contributed by atoms with Crippen molar-refractivity contribution < 1.29 is 24.1 Å². The number of piperazine rings is 1. The lowest BCUT2D eigenvalue weighted by atomic mass is 10.2. The number of fused-ring (bicyclic) bond motifs is 1. The summed E-state index contributed by atoms with van der Waals surface area (Å²) in [7, 11) is 1.52. The van der Waals surface area contributed by atoms with E-state index in [9.17, 15) is 9.50 Å². The standard InChI is InChI=1S/C25H31ClFN5O4/c1-35-23-12-19-22(28-16-29-25(19)30-21-4-3-17(26)11-20(21)27)13-24(23)36-15-18(34)14-32-8-6-31(7-9-32)5-2-10-33/h3-4,11-13,16,18,33-34H,2,5-10,14-15H2,1H3,(H,28,29,30). The fourth-order valence-electron chi connectivity index (χ4n) is 4.18. The predicted octanol–water partition coefficient (Wildman–Crippen LogP) is 2.91. The number of nitrogens with one attached hydrogen (secondary N) is 1. The monoisotopic (exact) mass is 519 g/mol. The Bertz CT molecular complexity index is 1160. The average molecular weight is 520 g/mol. The minimum atomic E-state index is -0.676. The number of aliphatic hydroxyl groups excluding tert-OH is 2. The van der Waals surface area contributed by atoms with Gasteiger partial charge in [-0.1, -0.05) is 11.6 Å². The van der Waals surface area contributed by atoms with Gasteiger partial charge in [0.25, 0.3) is 0 Å². The summed E-state index contributed by atoms with van der Waals surface area (Å²) < 4.78 is 25.7. The topological polar surface area (TPSA) is 103 Å². The van der Waals surface area contributed by atoms with Crippen LogP contribution >= 0.6 is 11.6 Å². The van der Waals surface area contributed by atoms with Gasteiger partial charge in [0.05, 0.1) is 18.3 Å². The van der Waals surface area contributed by atoms with Crippen LogP contribution in [0, 0.1) is 5.82 Å². The molecule has 1 aliphatic heterocycles. The third kappa shape index (κ3) is 6.71. The Morgan fingerprint density at radius 3 is 2.61 bits per heavy atom. The number of hydrogen-bond donors (Lipinski definition) is 3. The van der Waals surface area contributed by atoms with E-state index in [1.807, 2.05) is 0 Å². The van der Waals surface area contributed by atoms with Crippen LogP contribution in [-0.2, 0) is 0 Å². The van der Waals surface area contributed by atoms with Crippen molar-refractivity contribution in [1.29, 1.82) is 0 Å². The zero-order valence-electron chi connectivity index (χ0n) is 20.2. The van der Waals surface area contributed by atoms with Crippen LogP contribution in [-0.4, -0.2) is 95.7 Å². The molecule has 36 heavy (non-hydrogen) atoms. The van der Waals surface area contributed by atoms with E-state index >= 15 is 0 Å². The van der Waals surface area contributed by atoms with E-state index in [1.54, 1.807) is 18.2 Å². The van der Waals surface area contributed by atoms with E-state index < -0.39 is 11.9 Å². The number of halogens is 2. The summed E-state index contributed by atoms with van der Waals surface area (Å²) >= 11 is 5.85. The van der Waals surface area contributed by atoms with Gasteiger partial charge < -0.3 is 29.9 Å². The van der Waals surface area contributed by atoms with Crippen molar-refractivity contribution >= 4 is 34.0 Å². The van der Waals surface area contributed by atoms with Gasteiger partial charge in [0.1, 0.15) is 30.7 Å². The van der Waals surface area contributed by atoms with E-state index in [4.69, 9.17) is 26.2 Å². The minimum absolute atomic E-state index is 0.0960. The number of aromatic nitrogens is 2. The number of methoxy groups -OCH3 is 1. The molecule has 1 aromatic heterocycles. The second-order valence-corrected chi connectivity index (χ2v) is 9.11. The Balaban J connectivity index is 1.40. The number of nitrogens with zero attached hydrogens (tertiary/aromatic N) is 4. The fourth-order valence-corrected chi connectivity index (χ4v) is 4.34. The first kappa shape index (κ1) is 26.3.